The van der Waals surface area contributed by atoms with Gasteiger partial charge in [-0.25, -0.2) is 8.42 Å². The van der Waals surface area contributed by atoms with E-state index in [0.29, 0.717) is 17.1 Å². The minimum atomic E-state index is -3.56. The van der Waals surface area contributed by atoms with Gasteiger partial charge in [0.05, 0.1) is 19.1 Å². The number of anilines is 2. The number of ether oxygens (including phenoxy) is 1. The first kappa shape index (κ1) is 19.8. The number of benzene rings is 2. The zero-order valence-electron chi connectivity index (χ0n) is 15.4. The van der Waals surface area contributed by atoms with Crippen LogP contribution in [0.5, 0.6) is 5.75 Å². The molecule has 2 aromatic carbocycles. The zero-order valence-corrected chi connectivity index (χ0v) is 16.3. The highest BCUT2D eigenvalue weighted by atomic mass is 32.2. The van der Waals surface area contributed by atoms with Gasteiger partial charge in [-0.1, -0.05) is 18.2 Å². The van der Waals surface area contributed by atoms with E-state index in [-0.39, 0.29) is 18.9 Å². The number of amides is 1. The molecule has 1 N–H and O–H groups in total. The van der Waals surface area contributed by atoms with E-state index in [1.54, 1.807) is 24.3 Å². The lowest BCUT2D eigenvalue weighted by molar-refractivity contribution is -0.116. The SMILES string of the molecule is COc1ccccc1N(CCC(=O)Nc1ccc(C)c(C)c1)S(C)(=O)=O. The second-order valence-corrected chi connectivity index (χ2v) is 8.01. The highest BCUT2D eigenvalue weighted by Gasteiger charge is 2.21. The molecule has 0 aromatic heterocycles. The van der Waals surface area contributed by atoms with Crippen LogP contribution in [0.4, 0.5) is 11.4 Å². The van der Waals surface area contributed by atoms with Gasteiger partial charge in [0.15, 0.2) is 0 Å². The molecular formula is C19H24N2O4S. The van der Waals surface area contributed by atoms with Crippen molar-refractivity contribution < 1.29 is 17.9 Å². The van der Waals surface area contributed by atoms with E-state index in [4.69, 9.17) is 4.74 Å². The molecule has 140 valence electrons. The molecule has 0 spiro atoms. The van der Waals surface area contributed by atoms with Gasteiger partial charge in [-0.2, -0.15) is 0 Å². The van der Waals surface area contributed by atoms with Crippen LogP contribution in [0.3, 0.4) is 0 Å². The van der Waals surface area contributed by atoms with Crippen LogP contribution in [0.25, 0.3) is 0 Å². The number of hydrogen-bond acceptors (Lipinski definition) is 4. The van der Waals surface area contributed by atoms with E-state index in [9.17, 15) is 13.2 Å². The van der Waals surface area contributed by atoms with Crippen molar-refractivity contribution in [1.82, 2.24) is 0 Å². The fourth-order valence-corrected chi connectivity index (χ4v) is 3.48. The Kier molecular flexibility index (Phi) is 6.26. The summed E-state index contributed by atoms with van der Waals surface area (Å²) in [5.74, 6) is 0.185. The molecule has 0 aliphatic heterocycles. The van der Waals surface area contributed by atoms with E-state index in [1.165, 1.54) is 11.4 Å². The Bertz CT molecular complexity index is 894. The average molecular weight is 376 g/mol. The number of nitrogens with one attached hydrogen (secondary N) is 1. The van der Waals surface area contributed by atoms with E-state index in [0.717, 1.165) is 17.4 Å². The number of aryl methyl sites for hydroxylation is 2. The Morgan fingerprint density at radius 3 is 2.42 bits per heavy atom. The summed E-state index contributed by atoms with van der Waals surface area (Å²) in [5.41, 5.74) is 3.33. The number of carbonyl (C=O) groups excluding carboxylic acids is 1. The molecule has 0 aliphatic carbocycles. The van der Waals surface area contributed by atoms with Gasteiger partial charge in [0.25, 0.3) is 0 Å². The summed E-state index contributed by atoms with van der Waals surface area (Å²) in [7, 11) is -2.08. The van der Waals surface area contributed by atoms with Crippen molar-refractivity contribution >= 4 is 27.3 Å². The zero-order chi connectivity index (χ0) is 19.3. The Morgan fingerprint density at radius 2 is 1.81 bits per heavy atom. The molecule has 0 bridgehead atoms. The van der Waals surface area contributed by atoms with Gasteiger partial charge in [0.2, 0.25) is 15.9 Å². The van der Waals surface area contributed by atoms with Crippen LogP contribution in [-0.2, 0) is 14.8 Å². The summed E-state index contributed by atoms with van der Waals surface area (Å²) in [4.78, 5) is 12.3. The summed E-state index contributed by atoms with van der Waals surface area (Å²) in [5, 5.41) is 2.81. The highest BCUT2D eigenvalue weighted by Crippen LogP contribution is 2.29. The maximum atomic E-state index is 12.3. The summed E-state index contributed by atoms with van der Waals surface area (Å²) >= 11 is 0. The molecule has 0 fully saturated rings. The monoisotopic (exact) mass is 376 g/mol. The fraction of sp³-hybridized carbons (Fsp3) is 0.316. The van der Waals surface area contributed by atoms with E-state index in [2.05, 4.69) is 5.32 Å². The van der Waals surface area contributed by atoms with Gasteiger partial charge < -0.3 is 10.1 Å². The molecule has 0 aliphatic rings. The summed E-state index contributed by atoms with van der Waals surface area (Å²) in [6.45, 7) is 3.99. The number of sulfonamides is 1. The van der Waals surface area contributed by atoms with Gasteiger partial charge in [-0.05, 0) is 49.2 Å². The molecule has 0 saturated heterocycles. The Morgan fingerprint density at radius 1 is 1.12 bits per heavy atom. The van der Waals surface area contributed by atoms with Crippen LogP contribution >= 0.6 is 0 Å². The highest BCUT2D eigenvalue weighted by molar-refractivity contribution is 7.92. The number of methoxy groups -OCH3 is 1. The largest absolute Gasteiger partial charge is 0.495 e. The minimum absolute atomic E-state index is 0.0237. The lowest BCUT2D eigenvalue weighted by atomic mass is 10.1. The first-order valence-corrected chi connectivity index (χ1v) is 10.0. The molecular weight excluding hydrogens is 352 g/mol. The third-order valence-corrected chi connectivity index (χ3v) is 5.27. The van der Waals surface area contributed by atoms with Gasteiger partial charge in [-0.3, -0.25) is 9.10 Å². The maximum absolute atomic E-state index is 12.3. The van der Waals surface area contributed by atoms with Crippen molar-refractivity contribution in [3.05, 3.63) is 53.6 Å². The second-order valence-electron chi connectivity index (χ2n) is 6.10. The fourth-order valence-electron chi connectivity index (χ4n) is 2.55. The van der Waals surface area contributed by atoms with Crippen molar-refractivity contribution in [3.8, 4) is 5.75 Å². The number of carbonyl (C=O) groups is 1. The summed E-state index contributed by atoms with van der Waals surface area (Å²) in [6, 6.07) is 12.5. The smallest absolute Gasteiger partial charge is 0.232 e. The minimum Gasteiger partial charge on any atom is -0.495 e. The second kappa shape index (κ2) is 8.23. The predicted octanol–water partition coefficient (Wildman–Crippen LogP) is 3.11. The molecule has 0 heterocycles. The third kappa shape index (κ3) is 4.98. The van der Waals surface area contributed by atoms with Gasteiger partial charge >= 0.3 is 0 Å². The molecule has 2 rings (SSSR count). The first-order valence-electron chi connectivity index (χ1n) is 8.20. The molecule has 0 atom stereocenters. The van der Waals surface area contributed by atoms with Crippen LogP contribution in [0.1, 0.15) is 17.5 Å². The Labute approximate surface area is 154 Å². The first-order chi connectivity index (χ1) is 12.2. The lowest BCUT2D eigenvalue weighted by Crippen LogP contribution is -2.33. The third-order valence-electron chi connectivity index (χ3n) is 4.09. The maximum Gasteiger partial charge on any atom is 0.232 e. The lowest BCUT2D eigenvalue weighted by Gasteiger charge is -2.24. The van der Waals surface area contributed by atoms with Crippen molar-refractivity contribution in [2.75, 3.05) is 29.5 Å². The molecule has 0 saturated carbocycles. The van der Waals surface area contributed by atoms with E-state index < -0.39 is 10.0 Å². The number of nitrogens with zero attached hydrogens (tertiary/aromatic N) is 1. The molecule has 7 heteroatoms. The van der Waals surface area contributed by atoms with Crippen LogP contribution < -0.4 is 14.4 Å². The molecule has 6 nitrogen and oxygen atoms in total. The molecule has 0 radical (unpaired) electrons. The topological polar surface area (TPSA) is 75.7 Å². The predicted molar refractivity (Wildman–Crippen MR) is 104 cm³/mol. The number of para-hydroxylation sites is 2. The molecule has 0 unspecified atom stereocenters. The Balaban J connectivity index is 2.12. The standard InChI is InChI=1S/C19H24N2O4S/c1-14-9-10-16(13-15(14)2)20-19(22)11-12-21(26(4,23)24)17-7-5-6-8-18(17)25-3/h5-10,13H,11-12H2,1-4H3,(H,20,22). The van der Waals surface area contributed by atoms with Crippen molar-refractivity contribution in [2.24, 2.45) is 0 Å². The molecule has 26 heavy (non-hydrogen) atoms. The normalized spacial score (nSPS) is 11.1. The number of hydrogen-bond donors (Lipinski definition) is 1. The average Bonchev–Trinajstić information content (AvgIpc) is 2.57. The summed E-state index contributed by atoms with van der Waals surface area (Å²) in [6.07, 6.45) is 1.14. The van der Waals surface area contributed by atoms with E-state index >= 15 is 0 Å². The number of rotatable bonds is 7. The van der Waals surface area contributed by atoms with Crippen molar-refractivity contribution in [1.29, 1.82) is 0 Å². The summed E-state index contributed by atoms with van der Waals surface area (Å²) < 4.78 is 30.8. The van der Waals surface area contributed by atoms with Gasteiger partial charge in [0.1, 0.15) is 5.75 Å². The van der Waals surface area contributed by atoms with Gasteiger partial charge in [-0.15, -0.1) is 0 Å². The van der Waals surface area contributed by atoms with Crippen LogP contribution in [-0.4, -0.2) is 34.2 Å². The Hall–Kier alpha value is -2.54. The quantitative estimate of drug-likeness (QED) is 0.806. The van der Waals surface area contributed by atoms with Crippen LogP contribution in [0.15, 0.2) is 42.5 Å². The van der Waals surface area contributed by atoms with Crippen molar-refractivity contribution in [3.63, 3.8) is 0 Å². The van der Waals surface area contributed by atoms with Crippen LogP contribution in [0.2, 0.25) is 0 Å². The molecule has 1 amide bonds. The molecule has 2 aromatic rings. The van der Waals surface area contributed by atoms with Gasteiger partial charge in [0, 0.05) is 18.7 Å². The van der Waals surface area contributed by atoms with Crippen molar-refractivity contribution in [2.45, 2.75) is 20.3 Å². The van der Waals surface area contributed by atoms with E-state index in [1.807, 2.05) is 32.0 Å². The van der Waals surface area contributed by atoms with Crippen LogP contribution in [0, 0.1) is 13.8 Å².